The molecule has 1 fully saturated rings. The molecule has 0 saturated heterocycles. The zero-order valence-electron chi connectivity index (χ0n) is 7.88. The van der Waals surface area contributed by atoms with E-state index in [0.29, 0.717) is 12.8 Å². The Morgan fingerprint density at radius 1 is 1.29 bits per heavy atom. The molecule has 2 N–H and O–H groups in total. The van der Waals surface area contributed by atoms with Crippen molar-refractivity contribution in [3.63, 3.8) is 0 Å². The van der Waals surface area contributed by atoms with Gasteiger partial charge >= 0.3 is 5.97 Å². The first-order valence-corrected chi connectivity index (χ1v) is 4.63. The number of hydrogen-bond acceptors (Lipinski definition) is 2. The van der Waals surface area contributed by atoms with Gasteiger partial charge in [0.1, 0.15) is 5.54 Å². The van der Waals surface area contributed by atoms with Crippen molar-refractivity contribution in [2.75, 3.05) is 0 Å². The number of amides is 1. The molecular formula is C10H13NO3. The Balaban J connectivity index is 2.76. The fraction of sp³-hybridized carbons (Fsp3) is 0.600. The third-order valence-corrected chi connectivity index (χ3v) is 2.60. The number of carbonyl (C=O) groups excluding carboxylic acids is 1. The molecule has 0 spiro atoms. The SMILES string of the molecule is C#CC(=O)NC1(C(=O)O)CCCCC1. The van der Waals surface area contributed by atoms with Gasteiger partial charge in [0, 0.05) is 0 Å². The topological polar surface area (TPSA) is 66.4 Å². The highest BCUT2D eigenvalue weighted by Crippen LogP contribution is 2.28. The van der Waals surface area contributed by atoms with Gasteiger partial charge in [-0.1, -0.05) is 19.3 Å². The lowest BCUT2D eigenvalue weighted by molar-refractivity contribution is -0.148. The van der Waals surface area contributed by atoms with Crippen LogP contribution in [0.4, 0.5) is 0 Å². The zero-order valence-corrected chi connectivity index (χ0v) is 7.88. The Bertz CT molecular complexity index is 284. The summed E-state index contributed by atoms with van der Waals surface area (Å²) >= 11 is 0. The van der Waals surface area contributed by atoms with Crippen LogP contribution in [0.3, 0.4) is 0 Å². The Kier molecular flexibility index (Phi) is 3.13. The molecule has 14 heavy (non-hydrogen) atoms. The predicted octanol–water partition coefficient (Wildman–Crippen LogP) is 0.523. The van der Waals surface area contributed by atoms with Gasteiger partial charge in [-0.2, -0.15) is 0 Å². The summed E-state index contributed by atoms with van der Waals surface area (Å²) in [4.78, 5) is 22.0. The van der Waals surface area contributed by atoms with Crippen LogP contribution in [-0.2, 0) is 9.59 Å². The molecule has 0 unspecified atom stereocenters. The lowest BCUT2D eigenvalue weighted by Gasteiger charge is -2.33. The smallest absolute Gasteiger partial charge is 0.329 e. The van der Waals surface area contributed by atoms with E-state index in [2.05, 4.69) is 5.32 Å². The van der Waals surface area contributed by atoms with E-state index in [1.54, 1.807) is 0 Å². The molecule has 0 aliphatic heterocycles. The Hall–Kier alpha value is -1.50. The standard InChI is InChI=1S/C10H13NO3/c1-2-8(12)11-10(9(13)14)6-4-3-5-7-10/h1H,3-7H2,(H,11,12)(H,13,14). The monoisotopic (exact) mass is 195 g/mol. The van der Waals surface area contributed by atoms with Crippen molar-refractivity contribution < 1.29 is 14.7 Å². The Morgan fingerprint density at radius 3 is 2.29 bits per heavy atom. The first kappa shape index (κ1) is 10.6. The maximum Gasteiger partial charge on any atom is 0.329 e. The van der Waals surface area contributed by atoms with E-state index in [4.69, 9.17) is 11.5 Å². The molecule has 4 nitrogen and oxygen atoms in total. The van der Waals surface area contributed by atoms with Crippen LogP contribution in [0.1, 0.15) is 32.1 Å². The van der Waals surface area contributed by atoms with Crippen molar-refractivity contribution in [2.24, 2.45) is 0 Å². The Labute approximate surface area is 82.7 Å². The van der Waals surface area contributed by atoms with Gasteiger partial charge in [-0.15, -0.1) is 6.42 Å². The minimum absolute atomic E-state index is 0.468. The molecule has 1 aliphatic rings. The van der Waals surface area contributed by atoms with Gasteiger partial charge < -0.3 is 10.4 Å². The molecule has 1 aliphatic carbocycles. The fourth-order valence-corrected chi connectivity index (χ4v) is 1.80. The van der Waals surface area contributed by atoms with Crippen molar-refractivity contribution in [1.29, 1.82) is 0 Å². The molecule has 0 aromatic rings. The minimum atomic E-state index is -1.12. The number of carbonyl (C=O) groups is 2. The fourth-order valence-electron chi connectivity index (χ4n) is 1.80. The normalized spacial score (nSPS) is 19.4. The number of carboxylic acid groups (broad SMARTS) is 1. The molecule has 0 aromatic heterocycles. The van der Waals surface area contributed by atoms with Gasteiger partial charge in [-0.25, -0.2) is 4.79 Å². The number of aliphatic carboxylic acids is 1. The largest absolute Gasteiger partial charge is 0.480 e. The van der Waals surface area contributed by atoms with Gasteiger partial charge in [-0.05, 0) is 18.8 Å². The second kappa shape index (κ2) is 4.14. The van der Waals surface area contributed by atoms with E-state index < -0.39 is 17.4 Å². The van der Waals surface area contributed by atoms with E-state index in [1.165, 1.54) is 0 Å². The third-order valence-electron chi connectivity index (χ3n) is 2.60. The third kappa shape index (κ3) is 2.05. The molecule has 1 saturated carbocycles. The van der Waals surface area contributed by atoms with Crippen LogP contribution in [0.25, 0.3) is 0 Å². The Morgan fingerprint density at radius 2 is 1.86 bits per heavy atom. The van der Waals surface area contributed by atoms with Crippen molar-refractivity contribution >= 4 is 11.9 Å². The second-order valence-electron chi connectivity index (χ2n) is 3.55. The highest BCUT2D eigenvalue weighted by molar-refractivity contribution is 5.96. The van der Waals surface area contributed by atoms with E-state index in [1.807, 2.05) is 5.92 Å². The summed E-state index contributed by atoms with van der Waals surface area (Å²) in [7, 11) is 0. The van der Waals surface area contributed by atoms with Crippen LogP contribution in [-0.4, -0.2) is 22.5 Å². The van der Waals surface area contributed by atoms with Crippen molar-refractivity contribution in [3.05, 3.63) is 0 Å². The summed E-state index contributed by atoms with van der Waals surface area (Å²) in [6, 6.07) is 0. The summed E-state index contributed by atoms with van der Waals surface area (Å²) in [5.41, 5.74) is -1.12. The van der Waals surface area contributed by atoms with Gasteiger partial charge in [0.25, 0.3) is 5.91 Å². The highest BCUT2D eigenvalue weighted by atomic mass is 16.4. The van der Waals surface area contributed by atoms with Crippen LogP contribution in [0.2, 0.25) is 0 Å². The van der Waals surface area contributed by atoms with Crippen LogP contribution < -0.4 is 5.32 Å². The molecule has 1 rings (SSSR count). The maximum absolute atomic E-state index is 11.0. The lowest BCUT2D eigenvalue weighted by atomic mass is 9.81. The maximum atomic E-state index is 11.0. The van der Waals surface area contributed by atoms with Crippen LogP contribution in [0, 0.1) is 12.3 Å². The number of rotatable bonds is 2. The van der Waals surface area contributed by atoms with Crippen molar-refractivity contribution in [1.82, 2.24) is 5.32 Å². The first-order chi connectivity index (χ1) is 6.60. The molecular weight excluding hydrogens is 182 g/mol. The molecule has 0 atom stereocenters. The number of nitrogens with one attached hydrogen (secondary N) is 1. The van der Waals surface area contributed by atoms with Gasteiger partial charge in [0.2, 0.25) is 0 Å². The number of terminal acetylenes is 1. The lowest BCUT2D eigenvalue weighted by Crippen LogP contribution is -2.55. The summed E-state index contributed by atoms with van der Waals surface area (Å²) in [6.45, 7) is 0. The summed E-state index contributed by atoms with van der Waals surface area (Å²) in [5.74, 6) is 0.249. The minimum Gasteiger partial charge on any atom is -0.480 e. The quantitative estimate of drug-likeness (QED) is 0.631. The predicted molar refractivity (Wildman–Crippen MR) is 50.4 cm³/mol. The second-order valence-corrected chi connectivity index (χ2v) is 3.55. The van der Waals surface area contributed by atoms with Gasteiger partial charge in [0.15, 0.2) is 0 Å². The first-order valence-electron chi connectivity index (χ1n) is 4.63. The van der Waals surface area contributed by atoms with Gasteiger partial charge in [0.05, 0.1) is 0 Å². The van der Waals surface area contributed by atoms with E-state index >= 15 is 0 Å². The molecule has 0 bridgehead atoms. The highest BCUT2D eigenvalue weighted by Gasteiger charge is 2.40. The van der Waals surface area contributed by atoms with E-state index in [-0.39, 0.29) is 0 Å². The molecule has 76 valence electrons. The molecule has 4 heteroatoms. The van der Waals surface area contributed by atoms with Crippen molar-refractivity contribution in [3.8, 4) is 12.3 Å². The van der Waals surface area contributed by atoms with E-state index in [0.717, 1.165) is 19.3 Å². The van der Waals surface area contributed by atoms with Crippen LogP contribution in [0.15, 0.2) is 0 Å². The molecule has 0 radical (unpaired) electrons. The average molecular weight is 195 g/mol. The number of carboxylic acids is 1. The van der Waals surface area contributed by atoms with Gasteiger partial charge in [-0.3, -0.25) is 4.79 Å². The average Bonchev–Trinajstić information content (AvgIpc) is 2.19. The van der Waals surface area contributed by atoms with Crippen LogP contribution in [0.5, 0.6) is 0 Å². The summed E-state index contributed by atoms with van der Waals surface area (Å²) in [5, 5.41) is 11.5. The zero-order chi connectivity index (χ0) is 10.6. The number of hydrogen-bond donors (Lipinski definition) is 2. The molecule has 1 amide bonds. The van der Waals surface area contributed by atoms with Crippen molar-refractivity contribution in [2.45, 2.75) is 37.6 Å². The van der Waals surface area contributed by atoms with E-state index in [9.17, 15) is 9.59 Å². The summed E-state index contributed by atoms with van der Waals surface area (Å²) in [6.07, 6.45) is 8.48. The summed E-state index contributed by atoms with van der Waals surface area (Å²) < 4.78 is 0. The van der Waals surface area contributed by atoms with Crippen LogP contribution >= 0.6 is 0 Å². The molecule has 0 aromatic carbocycles. The molecule has 0 heterocycles.